The Labute approximate surface area is 161 Å². The van der Waals surface area contributed by atoms with Crippen molar-refractivity contribution in [3.8, 4) is 11.5 Å². The maximum atomic E-state index is 10.7. The highest BCUT2D eigenvalue weighted by atomic mass is 16.7. The molecule has 2 bridgehead atoms. The van der Waals surface area contributed by atoms with Crippen molar-refractivity contribution in [1.29, 1.82) is 0 Å². The van der Waals surface area contributed by atoms with Crippen LogP contribution in [0.3, 0.4) is 0 Å². The summed E-state index contributed by atoms with van der Waals surface area (Å²) in [7, 11) is 0. The number of hydrogen-bond acceptors (Lipinski definition) is 8. The fourth-order valence-corrected chi connectivity index (χ4v) is 3.28. The van der Waals surface area contributed by atoms with E-state index in [0.717, 1.165) is 0 Å². The lowest BCUT2D eigenvalue weighted by Crippen LogP contribution is -2.50. The van der Waals surface area contributed by atoms with Crippen LogP contribution in [0.1, 0.15) is 23.7 Å². The number of aliphatic hydroxyl groups excluding tert-OH is 2. The molecule has 0 spiro atoms. The van der Waals surface area contributed by atoms with Gasteiger partial charge in [-0.1, -0.05) is 24.3 Å². The van der Waals surface area contributed by atoms with E-state index in [0.29, 0.717) is 11.1 Å². The molecule has 8 nitrogen and oxygen atoms in total. The van der Waals surface area contributed by atoms with Crippen molar-refractivity contribution < 1.29 is 39.4 Å². The lowest BCUT2D eigenvalue weighted by molar-refractivity contribution is -0.252. The van der Waals surface area contributed by atoms with Crippen LogP contribution in [0, 0.1) is 0 Å². The fourth-order valence-electron chi connectivity index (χ4n) is 3.28. The van der Waals surface area contributed by atoms with E-state index in [1.807, 2.05) is 0 Å². The van der Waals surface area contributed by atoms with Gasteiger partial charge in [-0.25, -0.2) is 0 Å². The van der Waals surface area contributed by atoms with E-state index in [1.54, 1.807) is 24.3 Å². The number of phenolic OH excluding ortho intramolecular Hbond substituents is 2. The Hall–Kier alpha value is -2.20. The third-order valence-corrected chi connectivity index (χ3v) is 4.84. The van der Waals surface area contributed by atoms with Crippen LogP contribution in [0.4, 0.5) is 0 Å². The largest absolute Gasteiger partial charge is 0.508 e. The zero-order valence-corrected chi connectivity index (χ0v) is 14.9. The molecule has 2 aromatic carbocycles. The predicted molar refractivity (Wildman–Crippen MR) is 95.4 cm³/mol. The summed E-state index contributed by atoms with van der Waals surface area (Å²) in [6.07, 6.45) is -5.71. The molecule has 0 aliphatic carbocycles. The van der Waals surface area contributed by atoms with E-state index < -0.39 is 37.0 Å². The highest BCUT2D eigenvalue weighted by molar-refractivity contribution is 5.27. The highest BCUT2D eigenvalue weighted by Gasteiger charge is 2.43. The fraction of sp³-hybridized carbons (Fsp3) is 0.400. The molecule has 150 valence electrons. The second kappa shape index (κ2) is 8.04. The minimum Gasteiger partial charge on any atom is -0.508 e. The van der Waals surface area contributed by atoms with Gasteiger partial charge in [0.2, 0.25) is 0 Å². The van der Waals surface area contributed by atoms with E-state index in [1.165, 1.54) is 24.3 Å². The first kappa shape index (κ1) is 19.1. The van der Waals surface area contributed by atoms with Gasteiger partial charge in [-0.15, -0.1) is 0 Å². The number of aliphatic hydroxyl groups is 2. The molecule has 2 aliphatic rings. The molecule has 4 rings (SSSR count). The minimum absolute atomic E-state index is 0.00781. The van der Waals surface area contributed by atoms with Crippen LogP contribution in [0.15, 0.2) is 48.5 Å². The average Bonchev–Trinajstić information content (AvgIpc) is 2.87. The van der Waals surface area contributed by atoms with Gasteiger partial charge < -0.3 is 39.4 Å². The predicted octanol–water partition coefficient (Wildman–Crippen LogP) is 1.35. The van der Waals surface area contributed by atoms with Crippen molar-refractivity contribution in [3.05, 3.63) is 59.7 Å². The molecule has 8 heteroatoms. The van der Waals surface area contributed by atoms with Crippen LogP contribution >= 0.6 is 0 Å². The summed E-state index contributed by atoms with van der Waals surface area (Å²) in [4.78, 5) is 0. The van der Waals surface area contributed by atoms with E-state index in [4.69, 9.17) is 18.9 Å². The second-order valence-corrected chi connectivity index (χ2v) is 6.85. The van der Waals surface area contributed by atoms with Crippen LogP contribution in [-0.4, -0.2) is 58.1 Å². The standard InChI is InChI=1S/C20H22O8/c21-13-5-1-11(2-6-13)19-25-9-15(23)18-17(24)16(27-19)10-26-20(28-18)12-3-7-14(22)8-4-12/h1-8,15-24H,9-10H2/t15-,16+,17+,18+,19?,20?/m0/s1. The van der Waals surface area contributed by atoms with E-state index in [2.05, 4.69) is 0 Å². The number of phenols is 2. The monoisotopic (exact) mass is 390 g/mol. The molecule has 2 fully saturated rings. The minimum atomic E-state index is -1.14. The van der Waals surface area contributed by atoms with Crippen molar-refractivity contribution in [2.24, 2.45) is 0 Å². The first-order valence-corrected chi connectivity index (χ1v) is 8.99. The summed E-state index contributed by atoms with van der Waals surface area (Å²) in [5.41, 5.74) is 1.27. The van der Waals surface area contributed by atoms with Crippen molar-refractivity contribution in [2.45, 2.75) is 37.0 Å². The van der Waals surface area contributed by atoms with Gasteiger partial charge in [0.25, 0.3) is 0 Å². The van der Waals surface area contributed by atoms with E-state index in [9.17, 15) is 20.4 Å². The molecule has 6 atom stereocenters. The Bertz CT molecular complexity index is 734. The molecule has 2 aromatic rings. The third kappa shape index (κ3) is 3.97. The Balaban J connectivity index is 1.57. The molecule has 2 saturated heterocycles. The molecule has 4 N–H and O–H groups in total. The quantitative estimate of drug-likeness (QED) is 0.607. The summed E-state index contributed by atoms with van der Waals surface area (Å²) in [5.74, 6) is 0.218. The Morgan fingerprint density at radius 1 is 0.679 bits per heavy atom. The molecule has 2 unspecified atom stereocenters. The first-order valence-electron chi connectivity index (χ1n) is 8.99. The topological polar surface area (TPSA) is 118 Å². The lowest BCUT2D eigenvalue weighted by Gasteiger charge is -2.35. The number of benzene rings is 2. The molecule has 0 amide bonds. The molecule has 0 saturated carbocycles. The number of fused-ring (bicyclic) bond motifs is 2. The molecule has 0 aromatic heterocycles. The molecule has 2 heterocycles. The van der Waals surface area contributed by atoms with Gasteiger partial charge in [0.05, 0.1) is 13.2 Å². The normalized spacial score (nSPS) is 33.5. The smallest absolute Gasteiger partial charge is 0.184 e. The third-order valence-electron chi connectivity index (χ3n) is 4.84. The number of hydrogen-bond donors (Lipinski definition) is 4. The summed E-state index contributed by atoms with van der Waals surface area (Å²) in [6.45, 7) is -0.115. The lowest BCUT2D eigenvalue weighted by atomic mass is 10.0. The maximum absolute atomic E-state index is 10.7. The maximum Gasteiger partial charge on any atom is 0.184 e. The van der Waals surface area contributed by atoms with Crippen molar-refractivity contribution in [3.63, 3.8) is 0 Å². The Morgan fingerprint density at radius 3 is 1.75 bits per heavy atom. The Morgan fingerprint density at radius 2 is 1.18 bits per heavy atom. The number of ether oxygens (including phenoxy) is 4. The van der Waals surface area contributed by atoms with Gasteiger partial charge in [-0.3, -0.25) is 0 Å². The second-order valence-electron chi connectivity index (χ2n) is 6.85. The van der Waals surface area contributed by atoms with Crippen LogP contribution in [0.25, 0.3) is 0 Å². The highest BCUT2D eigenvalue weighted by Crippen LogP contribution is 2.34. The summed E-state index contributed by atoms with van der Waals surface area (Å²) in [5, 5.41) is 40.2. The molecule has 2 aliphatic heterocycles. The number of aromatic hydroxyl groups is 2. The van der Waals surface area contributed by atoms with Crippen LogP contribution in [0.5, 0.6) is 11.5 Å². The summed E-state index contributed by atoms with van der Waals surface area (Å²) >= 11 is 0. The first-order chi connectivity index (χ1) is 13.5. The van der Waals surface area contributed by atoms with Gasteiger partial charge in [0.15, 0.2) is 12.6 Å². The van der Waals surface area contributed by atoms with Gasteiger partial charge in [-0.2, -0.15) is 0 Å². The van der Waals surface area contributed by atoms with Crippen LogP contribution in [-0.2, 0) is 18.9 Å². The van der Waals surface area contributed by atoms with Gasteiger partial charge >= 0.3 is 0 Å². The average molecular weight is 390 g/mol. The van der Waals surface area contributed by atoms with Crippen molar-refractivity contribution in [1.82, 2.24) is 0 Å². The molecule has 28 heavy (non-hydrogen) atoms. The SMILES string of the molecule is Oc1ccc(C2OC[C@H]3OC(c4ccc(O)cc4)OC[C@H](O)[C@@H](O2)[C@@H]3O)cc1. The Kier molecular flexibility index (Phi) is 5.49. The van der Waals surface area contributed by atoms with E-state index >= 15 is 0 Å². The van der Waals surface area contributed by atoms with Crippen LogP contribution < -0.4 is 0 Å². The van der Waals surface area contributed by atoms with E-state index in [-0.39, 0.29) is 24.7 Å². The summed E-state index contributed by atoms with van der Waals surface area (Å²) in [6, 6.07) is 12.6. The molecular weight excluding hydrogens is 368 g/mol. The summed E-state index contributed by atoms with van der Waals surface area (Å²) < 4.78 is 23.2. The van der Waals surface area contributed by atoms with Crippen molar-refractivity contribution >= 4 is 0 Å². The zero-order valence-electron chi connectivity index (χ0n) is 14.9. The van der Waals surface area contributed by atoms with Crippen LogP contribution in [0.2, 0.25) is 0 Å². The molecular formula is C20H22O8. The van der Waals surface area contributed by atoms with Gasteiger partial charge in [0, 0.05) is 11.1 Å². The zero-order chi connectivity index (χ0) is 19.7. The number of rotatable bonds is 2. The van der Waals surface area contributed by atoms with Crippen molar-refractivity contribution in [2.75, 3.05) is 13.2 Å². The van der Waals surface area contributed by atoms with Gasteiger partial charge in [0.1, 0.15) is 35.9 Å². The van der Waals surface area contributed by atoms with Gasteiger partial charge in [-0.05, 0) is 24.3 Å². The molecule has 0 radical (unpaired) electrons.